The first kappa shape index (κ1) is 14.9. The summed E-state index contributed by atoms with van der Waals surface area (Å²) in [5, 5.41) is 11.8. The SMILES string of the molecule is CSC(=Nc1ccccc1Oc1ccccc1C)NC#N. The molecule has 0 spiro atoms. The van der Waals surface area contributed by atoms with Crippen molar-refractivity contribution in [2.45, 2.75) is 6.92 Å². The second-order valence-corrected chi connectivity index (χ2v) is 4.99. The summed E-state index contributed by atoms with van der Waals surface area (Å²) in [4.78, 5) is 4.41. The van der Waals surface area contributed by atoms with Crippen LogP contribution in [0.4, 0.5) is 5.69 Å². The van der Waals surface area contributed by atoms with E-state index < -0.39 is 0 Å². The Kier molecular flexibility index (Phi) is 5.24. The molecule has 0 aromatic heterocycles. The van der Waals surface area contributed by atoms with Gasteiger partial charge >= 0.3 is 0 Å². The summed E-state index contributed by atoms with van der Waals surface area (Å²) in [7, 11) is 0. The number of rotatable bonds is 3. The predicted octanol–water partition coefficient (Wildman–Crippen LogP) is 4.21. The van der Waals surface area contributed by atoms with Gasteiger partial charge in [-0.2, -0.15) is 5.26 Å². The topological polar surface area (TPSA) is 57.4 Å². The van der Waals surface area contributed by atoms with Crippen LogP contribution in [0.2, 0.25) is 0 Å². The zero-order valence-electron chi connectivity index (χ0n) is 11.8. The number of nitrogens with one attached hydrogen (secondary N) is 1. The molecule has 21 heavy (non-hydrogen) atoms. The Bertz CT molecular complexity index is 692. The van der Waals surface area contributed by atoms with Gasteiger partial charge in [0, 0.05) is 0 Å². The van der Waals surface area contributed by atoms with Crippen molar-refractivity contribution in [3.05, 3.63) is 54.1 Å². The van der Waals surface area contributed by atoms with E-state index in [-0.39, 0.29) is 0 Å². The lowest BCUT2D eigenvalue weighted by Gasteiger charge is -2.11. The molecule has 1 N–H and O–H groups in total. The zero-order chi connectivity index (χ0) is 15.1. The standard InChI is InChI=1S/C16H15N3OS/c1-12-7-3-5-9-14(12)20-15-10-6-4-8-13(15)19-16(21-2)18-11-17/h3-10H,1-2H3,(H,18,19). The molecule has 0 amide bonds. The minimum Gasteiger partial charge on any atom is -0.455 e. The summed E-state index contributed by atoms with van der Waals surface area (Å²) in [6.45, 7) is 1.99. The van der Waals surface area contributed by atoms with Gasteiger partial charge in [-0.05, 0) is 36.9 Å². The molecule has 0 saturated heterocycles. The molecule has 2 aromatic rings. The van der Waals surface area contributed by atoms with Gasteiger partial charge in [-0.15, -0.1) is 0 Å². The van der Waals surface area contributed by atoms with Crippen LogP contribution < -0.4 is 10.1 Å². The van der Waals surface area contributed by atoms with Crippen molar-refractivity contribution in [1.29, 1.82) is 5.26 Å². The maximum absolute atomic E-state index is 8.70. The molecule has 0 bridgehead atoms. The molecule has 0 heterocycles. The predicted molar refractivity (Wildman–Crippen MR) is 87.1 cm³/mol. The van der Waals surface area contributed by atoms with Crippen LogP contribution in [0.5, 0.6) is 11.5 Å². The molecule has 0 fully saturated rings. The highest BCUT2D eigenvalue weighted by Gasteiger charge is 2.06. The molecule has 0 saturated carbocycles. The smallest absolute Gasteiger partial charge is 0.183 e. The minimum absolute atomic E-state index is 0.526. The van der Waals surface area contributed by atoms with E-state index in [4.69, 9.17) is 10.00 Å². The van der Waals surface area contributed by atoms with E-state index in [0.29, 0.717) is 16.6 Å². The summed E-state index contributed by atoms with van der Waals surface area (Å²) < 4.78 is 5.94. The number of ether oxygens (including phenoxy) is 1. The van der Waals surface area contributed by atoms with Crippen molar-refractivity contribution in [2.75, 3.05) is 6.26 Å². The van der Waals surface area contributed by atoms with Gasteiger partial charge in [-0.3, -0.25) is 5.32 Å². The molecule has 0 aliphatic rings. The monoisotopic (exact) mass is 297 g/mol. The van der Waals surface area contributed by atoms with Gasteiger partial charge in [-0.25, -0.2) is 4.99 Å². The first-order valence-electron chi connectivity index (χ1n) is 6.35. The number of benzene rings is 2. The number of hydrogen-bond donors (Lipinski definition) is 1. The van der Waals surface area contributed by atoms with Crippen LogP contribution in [-0.4, -0.2) is 11.4 Å². The van der Waals surface area contributed by atoms with Crippen LogP contribution in [0.3, 0.4) is 0 Å². The highest BCUT2D eigenvalue weighted by Crippen LogP contribution is 2.33. The van der Waals surface area contributed by atoms with Crippen LogP contribution >= 0.6 is 11.8 Å². The second kappa shape index (κ2) is 7.36. The highest BCUT2D eigenvalue weighted by atomic mass is 32.2. The molecule has 0 atom stereocenters. The van der Waals surface area contributed by atoms with Crippen molar-refractivity contribution in [1.82, 2.24) is 5.32 Å². The van der Waals surface area contributed by atoms with E-state index in [9.17, 15) is 0 Å². The highest BCUT2D eigenvalue weighted by molar-refractivity contribution is 8.13. The third-order valence-electron chi connectivity index (χ3n) is 2.76. The fourth-order valence-corrected chi connectivity index (χ4v) is 2.04. The van der Waals surface area contributed by atoms with E-state index in [1.54, 1.807) is 0 Å². The van der Waals surface area contributed by atoms with Gasteiger partial charge in [0.25, 0.3) is 0 Å². The van der Waals surface area contributed by atoms with Gasteiger partial charge in [-0.1, -0.05) is 42.1 Å². The fraction of sp³-hybridized carbons (Fsp3) is 0.125. The van der Waals surface area contributed by atoms with Crippen molar-refractivity contribution in [3.8, 4) is 17.7 Å². The van der Waals surface area contributed by atoms with E-state index in [0.717, 1.165) is 11.3 Å². The number of thioether (sulfide) groups is 1. The average Bonchev–Trinajstić information content (AvgIpc) is 2.51. The molecule has 4 nitrogen and oxygen atoms in total. The van der Waals surface area contributed by atoms with Crippen LogP contribution in [0.15, 0.2) is 53.5 Å². The molecule has 0 unspecified atom stereocenters. The van der Waals surface area contributed by atoms with Crippen molar-refractivity contribution >= 4 is 22.6 Å². The van der Waals surface area contributed by atoms with Gasteiger partial charge < -0.3 is 4.74 Å². The Hall–Kier alpha value is -2.45. The summed E-state index contributed by atoms with van der Waals surface area (Å²) >= 11 is 1.37. The second-order valence-electron chi connectivity index (χ2n) is 4.19. The molecule has 2 aromatic carbocycles. The van der Waals surface area contributed by atoms with Gasteiger partial charge in [0.1, 0.15) is 11.4 Å². The lowest BCUT2D eigenvalue weighted by Crippen LogP contribution is -2.12. The Morgan fingerprint density at radius 2 is 1.81 bits per heavy atom. The van der Waals surface area contributed by atoms with Gasteiger partial charge in [0.2, 0.25) is 0 Å². The Labute approximate surface area is 128 Å². The number of amidine groups is 1. The van der Waals surface area contributed by atoms with Crippen LogP contribution in [-0.2, 0) is 0 Å². The molecule has 5 heteroatoms. The quantitative estimate of drug-likeness (QED) is 0.399. The largest absolute Gasteiger partial charge is 0.455 e. The van der Waals surface area contributed by atoms with Crippen molar-refractivity contribution < 1.29 is 4.74 Å². The van der Waals surface area contributed by atoms with Crippen molar-refractivity contribution in [2.24, 2.45) is 4.99 Å². The Morgan fingerprint density at radius 1 is 1.14 bits per heavy atom. The summed E-state index contributed by atoms with van der Waals surface area (Å²) in [6, 6.07) is 15.3. The maximum atomic E-state index is 8.70. The summed E-state index contributed by atoms with van der Waals surface area (Å²) in [6.07, 6.45) is 3.73. The van der Waals surface area contributed by atoms with Crippen LogP contribution in [0.1, 0.15) is 5.56 Å². The maximum Gasteiger partial charge on any atom is 0.183 e. The Morgan fingerprint density at radius 3 is 2.48 bits per heavy atom. The van der Waals surface area contributed by atoms with Crippen LogP contribution in [0.25, 0.3) is 0 Å². The fourth-order valence-electron chi connectivity index (χ4n) is 1.71. The molecular weight excluding hydrogens is 282 g/mol. The first-order valence-corrected chi connectivity index (χ1v) is 7.57. The lowest BCUT2D eigenvalue weighted by molar-refractivity contribution is 0.480. The lowest BCUT2D eigenvalue weighted by atomic mass is 10.2. The molecule has 0 radical (unpaired) electrons. The van der Waals surface area contributed by atoms with E-state index in [1.165, 1.54) is 11.8 Å². The normalized spacial score (nSPS) is 10.8. The van der Waals surface area contributed by atoms with Crippen LogP contribution in [0, 0.1) is 18.4 Å². The Balaban J connectivity index is 2.34. The van der Waals surface area contributed by atoms with Gasteiger partial charge in [0.15, 0.2) is 17.1 Å². The molecule has 0 aliphatic carbocycles. The number of aryl methyl sites for hydroxylation is 1. The molecule has 106 valence electrons. The minimum atomic E-state index is 0.526. The molecule has 2 rings (SSSR count). The van der Waals surface area contributed by atoms with E-state index in [2.05, 4.69) is 10.3 Å². The number of hydrogen-bond acceptors (Lipinski definition) is 4. The number of nitrogens with zero attached hydrogens (tertiary/aromatic N) is 2. The van der Waals surface area contributed by atoms with Gasteiger partial charge in [0.05, 0.1) is 0 Å². The number of aliphatic imine (C=N–C) groups is 1. The molecule has 0 aliphatic heterocycles. The summed E-state index contributed by atoms with van der Waals surface area (Å²) in [5.41, 5.74) is 1.73. The number of nitriles is 1. The van der Waals surface area contributed by atoms with E-state index in [1.807, 2.05) is 67.9 Å². The van der Waals surface area contributed by atoms with E-state index >= 15 is 0 Å². The zero-order valence-corrected chi connectivity index (χ0v) is 12.6. The third-order valence-corrected chi connectivity index (χ3v) is 3.34. The third kappa shape index (κ3) is 4.01. The van der Waals surface area contributed by atoms with Crippen molar-refractivity contribution in [3.63, 3.8) is 0 Å². The number of para-hydroxylation sites is 3. The summed E-state index contributed by atoms with van der Waals surface area (Å²) in [5.74, 6) is 1.44. The average molecular weight is 297 g/mol. The first-order chi connectivity index (χ1) is 10.2. The molecular formula is C16H15N3OS.